The molecule has 1 fully saturated rings. The first-order valence-electron chi connectivity index (χ1n) is 6.85. The highest BCUT2D eigenvalue weighted by atomic mass is 16.5. The molecule has 6 nitrogen and oxygen atoms in total. The average molecular weight is 294 g/mol. The van der Waals surface area contributed by atoms with Crippen LogP contribution in [0.25, 0.3) is 0 Å². The minimum atomic E-state index is -0.284. The zero-order chi connectivity index (χ0) is 15.4. The van der Waals surface area contributed by atoms with Gasteiger partial charge in [-0.15, -0.1) is 0 Å². The Labute approximate surface area is 125 Å². The Bertz CT molecular complexity index is 506. The van der Waals surface area contributed by atoms with Gasteiger partial charge in [0, 0.05) is 19.6 Å². The Morgan fingerprint density at radius 3 is 2.48 bits per heavy atom. The molecule has 1 aliphatic heterocycles. The maximum Gasteiger partial charge on any atom is 0.409 e. The standard InChI is InChI=1S/C15H22N2O4/c1-16-7-8-17(15(18)21-4)10-12(16)11-5-6-13(19-2)14(9-11)20-3/h5-6,9,12H,7-8,10H2,1-4H3. The van der Waals surface area contributed by atoms with Crippen LogP contribution in [0.1, 0.15) is 11.6 Å². The van der Waals surface area contributed by atoms with E-state index in [1.165, 1.54) is 7.11 Å². The van der Waals surface area contributed by atoms with Gasteiger partial charge >= 0.3 is 6.09 Å². The number of rotatable bonds is 3. The van der Waals surface area contributed by atoms with Crippen LogP contribution in [0.5, 0.6) is 11.5 Å². The normalized spacial score (nSPS) is 19.2. The van der Waals surface area contributed by atoms with Crippen molar-refractivity contribution < 1.29 is 19.0 Å². The molecule has 1 saturated heterocycles. The molecule has 2 rings (SSSR count). The smallest absolute Gasteiger partial charge is 0.409 e. The van der Waals surface area contributed by atoms with Crippen molar-refractivity contribution in [3.63, 3.8) is 0 Å². The quantitative estimate of drug-likeness (QED) is 0.850. The van der Waals surface area contributed by atoms with Crippen LogP contribution in [-0.4, -0.2) is 63.9 Å². The van der Waals surface area contributed by atoms with Gasteiger partial charge in [-0.05, 0) is 24.7 Å². The lowest BCUT2D eigenvalue weighted by Crippen LogP contribution is -2.48. The zero-order valence-corrected chi connectivity index (χ0v) is 13.0. The summed E-state index contributed by atoms with van der Waals surface area (Å²) in [4.78, 5) is 15.7. The molecule has 1 atom stereocenters. The summed E-state index contributed by atoms with van der Waals surface area (Å²) < 4.78 is 15.4. The molecule has 1 amide bonds. The predicted molar refractivity (Wildman–Crippen MR) is 78.9 cm³/mol. The molecule has 6 heteroatoms. The number of ether oxygens (including phenoxy) is 3. The Kier molecular flexibility index (Phi) is 4.90. The molecule has 1 aromatic carbocycles. The van der Waals surface area contributed by atoms with Crippen LogP contribution < -0.4 is 9.47 Å². The van der Waals surface area contributed by atoms with Gasteiger partial charge in [0.1, 0.15) is 0 Å². The Morgan fingerprint density at radius 1 is 1.14 bits per heavy atom. The first-order valence-corrected chi connectivity index (χ1v) is 6.85. The molecular weight excluding hydrogens is 272 g/mol. The summed E-state index contributed by atoms with van der Waals surface area (Å²) in [6.45, 7) is 2.07. The van der Waals surface area contributed by atoms with Crippen molar-refractivity contribution in [1.82, 2.24) is 9.80 Å². The van der Waals surface area contributed by atoms with E-state index in [0.717, 1.165) is 12.1 Å². The summed E-state index contributed by atoms with van der Waals surface area (Å²) >= 11 is 0. The van der Waals surface area contributed by atoms with E-state index in [0.29, 0.717) is 24.6 Å². The van der Waals surface area contributed by atoms with E-state index >= 15 is 0 Å². The third-order valence-electron chi connectivity index (χ3n) is 3.87. The molecule has 1 heterocycles. The maximum atomic E-state index is 11.7. The molecule has 1 aromatic rings. The van der Waals surface area contributed by atoms with Crippen LogP contribution in [0, 0.1) is 0 Å². The number of hydrogen-bond acceptors (Lipinski definition) is 5. The number of methoxy groups -OCH3 is 3. The SMILES string of the molecule is COC(=O)N1CCN(C)C(c2ccc(OC)c(OC)c2)C1. The van der Waals surface area contributed by atoms with Gasteiger partial charge < -0.3 is 19.1 Å². The highest BCUT2D eigenvalue weighted by molar-refractivity contribution is 5.67. The number of amides is 1. The second kappa shape index (κ2) is 6.67. The van der Waals surface area contributed by atoms with Gasteiger partial charge in [0.05, 0.1) is 27.4 Å². The minimum absolute atomic E-state index is 0.109. The lowest BCUT2D eigenvalue weighted by molar-refractivity contribution is 0.0719. The molecule has 0 aromatic heterocycles. The van der Waals surface area contributed by atoms with Gasteiger partial charge in [-0.1, -0.05) is 6.07 Å². The lowest BCUT2D eigenvalue weighted by atomic mass is 10.0. The molecule has 1 aliphatic rings. The van der Waals surface area contributed by atoms with E-state index in [9.17, 15) is 4.79 Å². The van der Waals surface area contributed by atoms with Crippen LogP contribution in [0.4, 0.5) is 4.79 Å². The first-order chi connectivity index (χ1) is 10.1. The summed E-state index contributed by atoms with van der Waals surface area (Å²) in [5.41, 5.74) is 1.09. The van der Waals surface area contributed by atoms with E-state index in [1.54, 1.807) is 19.1 Å². The summed E-state index contributed by atoms with van der Waals surface area (Å²) in [5, 5.41) is 0. The molecule has 116 valence electrons. The molecule has 0 N–H and O–H groups in total. The van der Waals surface area contributed by atoms with E-state index in [-0.39, 0.29) is 12.1 Å². The second-order valence-corrected chi connectivity index (χ2v) is 5.03. The summed E-state index contributed by atoms with van der Waals surface area (Å²) in [6, 6.07) is 5.96. The number of hydrogen-bond donors (Lipinski definition) is 0. The molecule has 21 heavy (non-hydrogen) atoms. The molecular formula is C15H22N2O4. The number of nitrogens with zero attached hydrogens (tertiary/aromatic N) is 2. The second-order valence-electron chi connectivity index (χ2n) is 5.03. The summed E-state index contributed by atoms with van der Waals surface area (Å²) in [6.07, 6.45) is -0.284. The Hall–Kier alpha value is -1.95. The molecule has 0 radical (unpaired) electrons. The fourth-order valence-corrected chi connectivity index (χ4v) is 2.59. The predicted octanol–water partition coefficient (Wildman–Crippen LogP) is 1.76. The van der Waals surface area contributed by atoms with Crippen molar-refractivity contribution in [2.75, 3.05) is 48.0 Å². The summed E-state index contributed by atoms with van der Waals surface area (Å²) in [7, 11) is 6.69. The van der Waals surface area contributed by atoms with Crippen LogP contribution in [0.3, 0.4) is 0 Å². The minimum Gasteiger partial charge on any atom is -0.493 e. The van der Waals surface area contributed by atoms with E-state index in [4.69, 9.17) is 14.2 Å². The summed E-state index contributed by atoms with van der Waals surface area (Å²) in [5.74, 6) is 1.39. The van der Waals surface area contributed by atoms with E-state index in [1.807, 2.05) is 18.2 Å². The van der Waals surface area contributed by atoms with Gasteiger partial charge in [0.25, 0.3) is 0 Å². The van der Waals surface area contributed by atoms with Gasteiger partial charge in [-0.25, -0.2) is 4.79 Å². The van der Waals surface area contributed by atoms with Crippen molar-refractivity contribution in [1.29, 1.82) is 0 Å². The maximum absolute atomic E-state index is 11.7. The van der Waals surface area contributed by atoms with Crippen molar-refractivity contribution in [3.05, 3.63) is 23.8 Å². The average Bonchev–Trinajstić information content (AvgIpc) is 2.53. The van der Waals surface area contributed by atoms with Crippen molar-refractivity contribution in [2.45, 2.75) is 6.04 Å². The largest absolute Gasteiger partial charge is 0.493 e. The number of carbonyl (C=O) groups excluding carboxylic acids is 1. The number of carbonyl (C=O) groups is 1. The highest BCUT2D eigenvalue weighted by Gasteiger charge is 2.29. The first kappa shape index (κ1) is 15.4. The van der Waals surface area contributed by atoms with Gasteiger partial charge in [0.2, 0.25) is 0 Å². The third kappa shape index (κ3) is 3.21. The highest BCUT2D eigenvalue weighted by Crippen LogP contribution is 2.33. The number of piperazine rings is 1. The van der Waals surface area contributed by atoms with Crippen molar-refractivity contribution in [3.8, 4) is 11.5 Å². The number of likely N-dealkylation sites (N-methyl/N-ethyl adjacent to an activating group) is 1. The molecule has 0 bridgehead atoms. The van der Waals surface area contributed by atoms with Crippen LogP contribution in [-0.2, 0) is 4.74 Å². The van der Waals surface area contributed by atoms with Crippen molar-refractivity contribution >= 4 is 6.09 Å². The monoisotopic (exact) mass is 294 g/mol. The van der Waals surface area contributed by atoms with Gasteiger partial charge in [-0.3, -0.25) is 4.90 Å². The third-order valence-corrected chi connectivity index (χ3v) is 3.87. The van der Waals surface area contributed by atoms with Crippen LogP contribution in [0.15, 0.2) is 18.2 Å². The topological polar surface area (TPSA) is 51.2 Å². The molecule has 0 aliphatic carbocycles. The van der Waals surface area contributed by atoms with Crippen LogP contribution >= 0.6 is 0 Å². The van der Waals surface area contributed by atoms with E-state index < -0.39 is 0 Å². The molecule has 0 saturated carbocycles. The fourth-order valence-electron chi connectivity index (χ4n) is 2.59. The van der Waals surface area contributed by atoms with Crippen LogP contribution in [0.2, 0.25) is 0 Å². The van der Waals surface area contributed by atoms with Gasteiger partial charge in [-0.2, -0.15) is 0 Å². The van der Waals surface area contributed by atoms with E-state index in [2.05, 4.69) is 11.9 Å². The molecule has 0 spiro atoms. The Morgan fingerprint density at radius 2 is 1.86 bits per heavy atom. The molecule has 1 unspecified atom stereocenters. The van der Waals surface area contributed by atoms with Crippen molar-refractivity contribution in [2.24, 2.45) is 0 Å². The lowest BCUT2D eigenvalue weighted by Gasteiger charge is -2.39. The fraction of sp³-hybridized carbons (Fsp3) is 0.533. The van der Waals surface area contributed by atoms with Gasteiger partial charge in [0.15, 0.2) is 11.5 Å². The zero-order valence-electron chi connectivity index (χ0n) is 13.0. The number of benzene rings is 1. The Balaban J connectivity index is 2.24.